The predicted molar refractivity (Wildman–Crippen MR) is 76.8 cm³/mol. The monoisotopic (exact) mass is 275 g/mol. The molecule has 0 N–H and O–H groups in total. The summed E-state index contributed by atoms with van der Waals surface area (Å²) in [6, 6.07) is 6.45. The lowest BCUT2D eigenvalue weighted by Crippen LogP contribution is -2.05. The molecule has 0 aliphatic carbocycles. The van der Waals surface area contributed by atoms with Crippen molar-refractivity contribution in [3.8, 4) is 0 Å². The number of carbonyl (C=O) groups excluding carboxylic acids is 1. The molecule has 1 aromatic heterocycles. The van der Waals surface area contributed by atoms with Crippen LogP contribution in [-0.4, -0.2) is 17.6 Å². The quantitative estimate of drug-likeness (QED) is 0.801. The second-order valence-electron chi connectivity index (χ2n) is 4.52. The fourth-order valence-corrected chi connectivity index (χ4v) is 2.83. The predicted octanol–water partition coefficient (Wildman–Crippen LogP) is 3.53. The summed E-state index contributed by atoms with van der Waals surface area (Å²) in [7, 11) is 0. The summed E-state index contributed by atoms with van der Waals surface area (Å²) in [5.74, 6) is -0.342. The molecule has 0 saturated carbocycles. The van der Waals surface area contributed by atoms with Crippen molar-refractivity contribution < 1.29 is 9.53 Å². The maximum Gasteiger partial charge on any atom is 0.357 e. The Bertz CT molecular complexity index is 569. The Morgan fingerprint density at radius 1 is 1.26 bits per heavy atom. The number of hydrogen-bond donors (Lipinski definition) is 0. The highest BCUT2D eigenvalue weighted by atomic mass is 32.1. The van der Waals surface area contributed by atoms with E-state index in [9.17, 15) is 4.79 Å². The summed E-state index contributed by atoms with van der Waals surface area (Å²) in [6.07, 6.45) is 0.757. The van der Waals surface area contributed by atoms with E-state index in [1.54, 1.807) is 12.3 Å². The van der Waals surface area contributed by atoms with E-state index in [1.807, 2.05) is 0 Å². The summed E-state index contributed by atoms with van der Waals surface area (Å²) >= 11 is 1.50. The standard InChI is InChI=1S/C15H17NO2S/c1-4-18-15(17)13-9-19-14(16-13)8-12-6-10(2)5-11(3)7-12/h5-7,9H,4,8H2,1-3H3. The molecule has 0 spiro atoms. The molecule has 0 saturated heterocycles. The Labute approximate surface area is 117 Å². The van der Waals surface area contributed by atoms with Crippen molar-refractivity contribution in [3.63, 3.8) is 0 Å². The van der Waals surface area contributed by atoms with Gasteiger partial charge in [-0.1, -0.05) is 29.3 Å². The largest absolute Gasteiger partial charge is 0.461 e. The number of nitrogens with zero attached hydrogens (tertiary/aromatic N) is 1. The lowest BCUT2D eigenvalue weighted by molar-refractivity contribution is 0.0520. The van der Waals surface area contributed by atoms with Crippen molar-refractivity contribution in [1.29, 1.82) is 0 Å². The zero-order valence-electron chi connectivity index (χ0n) is 11.4. The van der Waals surface area contributed by atoms with Crippen LogP contribution in [0.4, 0.5) is 0 Å². The van der Waals surface area contributed by atoms with E-state index in [1.165, 1.54) is 28.0 Å². The molecule has 100 valence electrons. The number of ether oxygens (including phenoxy) is 1. The van der Waals surface area contributed by atoms with Gasteiger partial charge in [-0.3, -0.25) is 0 Å². The van der Waals surface area contributed by atoms with Crippen molar-refractivity contribution in [2.24, 2.45) is 0 Å². The van der Waals surface area contributed by atoms with E-state index in [-0.39, 0.29) is 5.97 Å². The number of benzene rings is 1. The van der Waals surface area contributed by atoms with Crippen molar-refractivity contribution in [2.45, 2.75) is 27.2 Å². The van der Waals surface area contributed by atoms with Gasteiger partial charge in [0.25, 0.3) is 0 Å². The molecule has 1 aromatic carbocycles. The Morgan fingerprint density at radius 3 is 2.58 bits per heavy atom. The molecule has 19 heavy (non-hydrogen) atoms. The van der Waals surface area contributed by atoms with Gasteiger partial charge in [-0.2, -0.15) is 0 Å². The van der Waals surface area contributed by atoms with E-state index in [0.717, 1.165) is 11.4 Å². The fraction of sp³-hybridized carbons (Fsp3) is 0.333. The van der Waals surface area contributed by atoms with Gasteiger partial charge in [0.2, 0.25) is 0 Å². The third-order valence-corrected chi connectivity index (χ3v) is 3.52. The second kappa shape index (κ2) is 5.97. The number of esters is 1. The van der Waals surface area contributed by atoms with Gasteiger partial charge < -0.3 is 4.74 Å². The Morgan fingerprint density at radius 2 is 1.95 bits per heavy atom. The van der Waals surface area contributed by atoms with Crippen LogP contribution in [0.3, 0.4) is 0 Å². The zero-order valence-corrected chi connectivity index (χ0v) is 12.2. The number of carbonyl (C=O) groups is 1. The molecule has 0 aliphatic rings. The lowest BCUT2D eigenvalue weighted by atomic mass is 10.1. The van der Waals surface area contributed by atoms with Gasteiger partial charge >= 0.3 is 5.97 Å². The number of rotatable bonds is 4. The van der Waals surface area contributed by atoms with Gasteiger partial charge in [-0.15, -0.1) is 11.3 Å². The molecule has 2 rings (SSSR count). The third kappa shape index (κ3) is 3.64. The first-order chi connectivity index (χ1) is 9.08. The van der Waals surface area contributed by atoms with E-state index in [0.29, 0.717) is 12.3 Å². The van der Waals surface area contributed by atoms with E-state index < -0.39 is 0 Å². The minimum atomic E-state index is -0.342. The summed E-state index contributed by atoms with van der Waals surface area (Å²) in [4.78, 5) is 15.9. The molecule has 0 bridgehead atoms. The summed E-state index contributed by atoms with van der Waals surface area (Å²) < 4.78 is 4.93. The van der Waals surface area contributed by atoms with Crippen molar-refractivity contribution in [3.05, 3.63) is 51.0 Å². The van der Waals surface area contributed by atoms with Gasteiger partial charge in [0.15, 0.2) is 5.69 Å². The van der Waals surface area contributed by atoms with Crippen LogP contribution in [0.1, 0.15) is 39.1 Å². The Kier molecular flexibility index (Phi) is 4.32. The average Bonchev–Trinajstić information content (AvgIpc) is 2.76. The average molecular weight is 275 g/mol. The van der Waals surface area contributed by atoms with Gasteiger partial charge in [0.05, 0.1) is 11.6 Å². The van der Waals surface area contributed by atoms with Crippen molar-refractivity contribution in [1.82, 2.24) is 4.98 Å². The molecule has 0 amide bonds. The minimum absolute atomic E-state index is 0.342. The first kappa shape index (κ1) is 13.7. The maximum atomic E-state index is 11.5. The molecule has 1 heterocycles. The highest BCUT2D eigenvalue weighted by Gasteiger charge is 2.11. The lowest BCUT2D eigenvalue weighted by Gasteiger charge is -2.02. The molecule has 0 unspecified atom stereocenters. The molecule has 3 nitrogen and oxygen atoms in total. The first-order valence-electron chi connectivity index (χ1n) is 6.27. The molecule has 0 aliphatic heterocycles. The molecular weight excluding hydrogens is 258 g/mol. The highest BCUT2D eigenvalue weighted by Crippen LogP contribution is 2.17. The molecule has 0 radical (unpaired) electrons. The number of hydrogen-bond acceptors (Lipinski definition) is 4. The van der Waals surface area contributed by atoms with Crippen LogP contribution < -0.4 is 0 Å². The van der Waals surface area contributed by atoms with Crippen LogP contribution in [0, 0.1) is 13.8 Å². The van der Waals surface area contributed by atoms with Gasteiger partial charge in [0.1, 0.15) is 0 Å². The normalized spacial score (nSPS) is 10.5. The molecule has 2 aromatic rings. The van der Waals surface area contributed by atoms with Crippen LogP contribution >= 0.6 is 11.3 Å². The van der Waals surface area contributed by atoms with Gasteiger partial charge in [0, 0.05) is 11.8 Å². The van der Waals surface area contributed by atoms with Crippen LogP contribution in [0.25, 0.3) is 0 Å². The summed E-state index contributed by atoms with van der Waals surface area (Å²) in [5, 5.41) is 2.70. The van der Waals surface area contributed by atoms with E-state index >= 15 is 0 Å². The fourth-order valence-electron chi connectivity index (χ4n) is 2.04. The molecular formula is C15H17NO2S. The van der Waals surface area contributed by atoms with Crippen molar-refractivity contribution >= 4 is 17.3 Å². The topological polar surface area (TPSA) is 39.2 Å². The maximum absolute atomic E-state index is 11.5. The van der Waals surface area contributed by atoms with Crippen LogP contribution in [0.5, 0.6) is 0 Å². The molecule has 0 fully saturated rings. The Balaban J connectivity index is 2.13. The van der Waals surface area contributed by atoms with Crippen molar-refractivity contribution in [2.75, 3.05) is 6.61 Å². The Hall–Kier alpha value is -1.68. The van der Waals surface area contributed by atoms with E-state index in [4.69, 9.17) is 4.74 Å². The van der Waals surface area contributed by atoms with Gasteiger partial charge in [-0.25, -0.2) is 9.78 Å². The smallest absolute Gasteiger partial charge is 0.357 e. The van der Waals surface area contributed by atoms with E-state index in [2.05, 4.69) is 37.0 Å². The SMILES string of the molecule is CCOC(=O)c1csc(Cc2cc(C)cc(C)c2)n1. The first-order valence-corrected chi connectivity index (χ1v) is 7.15. The summed E-state index contributed by atoms with van der Waals surface area (Å²) in [5.41, 5.74) is 4.13. The minimum Gasteiger partial charge on any atom is -0.461 e. The number of aromatic nitrogens is 1. The summed E-state index contributed by atoms with van der Waals surface area (Å²) in [6.45, 7) is 6.34. The van der Waals surface area contributed by atoms with Crippen LogP contribution in [0.15, 0.2) is 23.6 Å². The number of thiazole rings is 1. The van der Waals surface area contributed by atoms with Crippen LogP contribution in [-0.2, 0) is 11.2 Å². The van der Waals surface area contributed by atoms with Gasteiger partial charge in [-0.05, 0) is 26.3 Å². The zero-order chi connectivity index (χ0) is 13.8. The molecule has 4 heteroatoms. The third-order valence-electron chi connectivity index (χ3n) is 2.67. The number of aryl methyl sites for hydroxylation is 2. The highest BCUT2D eigenvalue weighted by molar-refractivity contribution is 7.09. The van der Waals surface area contributed by atoms with Crippen LogP contribution in [0.2, 0.25) is 0 Å². The second-order valence-corrected chi connectivity index (χ2v) is 5.46. The molecule has 0 atom stereocenters.